The molecule has 2 N–H and O–H groups in total. The summed E-state index contributed by atoms with van der Waals surface area (Å²) in [4.78, 5) is 6.39. The monoisotopic (exact) mass is 225 g/mol. The van der Waals surface area contributed by atoms with Crippen LogP contribution in [0.25, 0.3) is 0 Å². The summed E-state index contributed by atoms with van der Waals surface area (Å²) in [6.07, 6.45) is 7.51. The van der Waals surface area contributed by atoms with Crippen molar-refractivity contribution in [3.8, 4) is 0 Å². The molecule has 0 aromatic heterocycles. The maximum Gasteiger partial charge on any atom is 0.198 e. The highest BCUT2D eigenvalue weighted by atomic mass is 16.5. The Balaban J connectivity index is 2.61. The smallest absolute Gasteiger partial charge is 0.198 e. The Morgan fingerprint density at radius 3 is 2.75 bits per heavy atom. The number of rotatable bonds is 5. The van der Waals surface area contributed by atoms with Crippen molar-refractivity contribution in [1.29, 1.82) is 0 Å². The number of hydrogen-bond acceptors (Lipinski definition) is 2. The van der Waals surface area contributed by atoms with Crippen LogP contribution in [0.1, 0.15) is 40.0 Å². The van der Waals surface area contributed by atoms with Gasteiger partial charge in [0.2, 0.25) is 0 Å². The largest absolute Gasteiger partial charge is 0.369 e. The number of nitrogens with two attached hydrogens (primary N) is 1. The molecule has 4 heteroatoms. The highest BCUT2D eigenvalue weighted by Gasteiger charge is 2.24. The Morgan fingerprint density at radius 1 is 1.62 bits per heavy atom. The van der Waals surface area contributed by atoms with Crippen molar-refractivity contribution in [3.05, 3.63) is 12.3 Å². The van der Waals surface area contributed by atoms with Gasteiger partial charge in [-0.15, -0.1) is 0 Å². The first-order valence-corrected chi connectivity index (χ1v) is 6.05. The van der Waals surface area contributed by atoms with E-state index in [0.717, 1.165) is 0 Å². The van der Waals surface area contributed by atoms with Gasteiger partial charge in [-0.25, -0.2) is 4.99 Å². The molecule has 1 atom stereocenters. The van der Waals surface area contributed by atoms with Gasteiger partial charge in [-0.05, 0) is 40.0 Å². The van der Waals surface area contributed by atoms with Crippen LogP contribution in [0.15, 0.2) is 17.3 Å². The van der Waals surface area contributed by atoms with E-state index < -0.39 is 0 Å². The quantitative estimate of drug-likeness (QED) is 0.575. The van der Waals surface area contributed by atoms with Crippen LogP contribution in [0.3, 0.4) is 0 Å². The number of allylic oxidation sites excluding steroid dienone is 1. The minimum absolute atomic E-state index is 0.169. The molecule has 16 heavy (non-hydrogen) atoms. The van der Waals surface area contributed by atoms with Crippen molar-refractivity contribution in [2.75, 3.05) is 6.61 Å². The van der Waals surface area contributed by atoms with Gasteiger partial charge in [-0.3, -0.25) is 0 Å². The fraction of sp³-hybridized carbons (Fsp3) is 0.750. The lowest BCUT2D eigenvalue weighted by molar-refractivity contribution is 0.0816. The minimum Gasteiger partial charge on any atom is -0.369 e. The molecule has 92 valence electrons. The van der Waals surface area contributed by atoms with E-state index in [0.29, 0.717) is 18.6 Å². The van der Waals surface area contributed by atoms with Gasteiger partial charge in [0.15, 0.2) is 5.96 Å². The summed E-state index contributed by atoms with van der Waals surface area (Å²) in [6.45, 7) is 6.51. The number of hydrogen-bond donors (Lipinski definition) is 1. The minimum atomic E-state index is -0.169. The van der Waals surface area contributed by atoms with Crippen LogP contribution in [-0.4, -0.2) is 29.7 Å². The summed E-state index contributed by atoms with van der Waals surface area (Å²) in [5, 5.41) is 0. The maximum atomic E-state index is 5.99. The first kappa shape index (κ1) is 13.0. The first-order valence-electron chi connectivity index (χ1n) is 6.05. The number of guanidine groups is 1. The molecule has 0 spiro atoms. The molecular weight excluding hydrogens is 202 g/mol. The van der Waals surface area contributed by atoms with Crippen molar-refractivity contribution in [1.82, 2.24) is 4.90 Å². The zero-order valence-electron chi connectivity index (χ0n) is 10.5. The van der Waals surface area contributed by atoms with Gasteiger partial charge in [0, 0.05) is 18.8 Å². The van der Waals surface area contributed by atoms with Crippen LogP contribution in [0.4, 0.5) is 0 Å². The summed E-state index contributed by atoms with van der Waals surface area (Å²) in [5.41, 5.74) is 5.99. The van der Waals surface area contributed by atoms with Gasteiger partial charge in [-0.2, -0.15) is 0 Å². The molecule has 0 saturated heterocycles. The zero-order valence-corrected chi connectivity index (χ0v) is 10.5. The van der Waals surface area contributed by atoms with Gasteiger partial charge in [0.1, 0.15) is 6.23 Å². The van der Waals surface area contributed by atoms with Crippen molar-refractivity contribution in [3.63, 3.8) is 0 Å². The van der Waals surface area contributed by atoms with Gasteiger partial charge in [0.25, 0.3) is 0 Å². The molecule has 1 saturated carbocycles. The van der Waals surface area contributed by atoms with Crippen LogP contribution in [-0.2, 0) is 4.74 Å². The Hall–Kier alpha value is -1.03. The predicted octanol–water partition coefficient (Wildman–Crippen LogP) is 2.07. The third kappa shape index (κ3) is 3.52. The molecule has 1 aliphatic rings. The highest BCUT2D eigenvalue weighted by Crippen LogP contribution is 2.24. The molecule has 0 heterocycles. The van der Waals surface area contributed by atoms with E-state index in [1.807, 2.05) is 33.0 Å². The SMILES string of the molecule is C/C=C/N(/C(N)=N\C(C)OCC)C1CCC1. The van der Waals surface area contributed by atoms with E-state index in [9.17, 15) is 0 Å². The number of nitrogens with zero attached hydrogens (tertiary/aromatic N) is 2. The molecule has 0 aliphatic heterocycles. The van der Waals surface area contributed by atoms with Crippen LogP contribution >= 0.6 is 0 Å². The second-order valence-corrected chi connectivity index (χ2v) is 4.02. The summed E-state index contributed by atoms with van der Waals surface area (Å²) < 4.78 is 5.35. The highest BCUT2D eigenvalue weighted by molar-refractivity contribution is 5.79. The van der Waals surface area contributed by atoms with Crippen LogP contribution in [0.5, 0.6) is 0 Å². The van der Waals surface area contributed by atoms with E-state index in [2.05, 4.69) is 9.89 Å². The molecular formula is C12H23N3O. The molecule has 1 rings (SSSR count). The normalized spacial score (nSPS) is 19.8. The fourth-order valence-corrected chi connectivity index (χ4v) is 1.74. The summed E-state index contributed by atoms with van der Waals surface area (Å²) in [7, 11) is 0. The standard InChI is InChI=1S/C12H23N3O/c1-4-9-15(11-7-6-8-11)12(13)14-10(3)16-5-2/h4,9-11H,5-8H2,1-3H3,(H2,13,14)/b9-4+. The van der Waals surface area contributed by atoms with Gasteiger partial charge in [0.05, 0.1) is 0 Å². The summed E-state index contributed by atoms with van der Waals surface area (Å²) in [6, 6.07) is 0.522. The lowest BCUT2D eigenvalue weighted by Crippen LogP contribution is -2.45. The zero-order chi connectivity index (χ0) is 12.0. The van der Waals surface area contributed by atoms with E-state index in [4.69, 9.17) is 10.5 Å². The number of aliphatic imine (C=N–C) groups is 1. The lowest BCUT2D eigenvalue weighted by atomic mass is 9.92. The molecule has 4 nitrogen and oxygen atoms in total. The average Bonchev–Trinajstić information content (AvgIpc) is 2.14. The molecule has 1 aliphatic carbocycles. The molecule has 0 amide bonds. The average molecular weight is 225 g/mol. The third-order valence-corrected chi connectivity index (χ3v) is 2.76. The maximum absolute atomic E-state index is 5.99. The second kappa shape index (κ2) is 6.53. The van der Waals surface area contributed by atoms with Crippen molar-refractivity contribution < 1.29 is 4.74 Å². The van der Waals surface area contributed by atoms with Crippen molar-refractivity contribution in [2.45, 2.75) is 52.3 Å². The summed E-state index contributed by atoms with van der Waals surface area (Å²) in [5.74, 6) is 0.559. The van der Waals surface area contributed by atoms with Gasteiger partial charge >= 0.3 is 0 Å². The summed E-state index contributed by atoms with van der Waals surface area (Å²) >= 11 is 0. The molecule has 0 radical (unpaired) electrons. The molecule has 0 aromatic rings. The Kier molecular flexibility index (Phi) is 5.32. The van der Waals surface area contributed by atoms with Crippen molar-refractivity contribution in [2.24, 2.45) is 10.7 Å². The Bertz CT molecular complexity index is 259. The first-order chi connectivity index (χ1) is 7.69. The van der Waals surface area contributed by atoms with Gasteiger partial charge < -0.3 is 15.4 Å². The van der Waals surface area contributed by atoms with Gasteiger partial charge in [-0.1, -0.05) is 6.08 Å². The van der Waals surface area contributed by atoms with Crippen molar-refractivity contribution >= 4 is 5.96 Å². The Labute approximate surface area is 98.2 Å². The fourth-order valence-electron chi connectivity index (χ4n) is 1.74. The Morgan fingerprint density at radius 2 is 2.31 bits per heavy atom. The van der Waals surface area contributed by atoms with E-state index in [1.165, 1.54) is 19.3 Å². The predicted molar refractivity (Wildman–Crippen MR) is 67.0 cm³/mol. The third-order valence-electron chi connectivity index (χ3n) is 2.76. The number of ether oxygens (including phenoxy) is 1. The second-order valence-electron chi connectivity index (χ2n) is 4.02. The van der Waals surface area contributed by atoms with Crippen LogP contribution in [0.2, 0.25) is 0 Å². The molecule has 0 aromatic carbocycles. The molecule has 1 fully saturated rings. The van der Waals surface area contributed by atoms with Crippen LogP contribution < -0.4 is 5.73 Å². The van der Waals surface area contributed by atoms with E-state index in [1.54, 1.807) is 0 Å². The van der Waals surface area contributed by atoms with Crippen LogP contribution in [0, 0.1) is 0 Å². The topological polar surface area (TPSA) is 50.8 Å². The lowest BCUT2D eigenvalue weighted by Gasteiger charge is -2.36. The molecule has 0 bridgehead atoms. The molecule has 1 unspecified atom stereocenters. The van der Waals surface area contributed by atoms with E-state index in [-0.39, 0.29) is 6.23 Å². The van der Waals surface area contributed by atoms with E-state index >= 15 is 0 Å².